The summed E-state index contributed by atoms with van der Waals surface area (Å²) in [6.45, 7) is 3.57. The number of amides is 1. The van der Waals surface area contributed by atoms with Crippen molar-refractivity contribution >= 4 is 16.7 Å². The summed E-state index contributed by atoms with van der Waals surface area (Å²) in [6, 6.07) is 0.0639. The number of piperidine rings is 1. The maximum Gasteiger partial charge on any atom is 0.235 e. The van der Waals surface area contributed by atoms with Gasteiger partial charge in [0.15, 0.2) is 0 Å². The quantitative estimate of drug-likeness (QED) is 0.767. The van der Waals surface area contributed by atoms with E-state index >= 15 is 0 Å². The number of carbonyl (C=O) groups is 1. The van der Waals surface area contributed by atoms with Crippen LogP contribution in [0.1, 0.15) is 32.6 Å². The first-order valence-electron chi connectivity index (χ1n) is 5.98. The molecular weight excluding hydrogens is 224 g/mol. The van der Waals surface area contributed by atoms with Crippen LogP contribution in [0.4, 0.5) is 0 Å². The molecule has 1 aliphatic rings. The second-order valence-electron chi connectivity index (χ2n) is 4.50. The van der Waals surface area contributed by atoms with E-state index in [-0.39, 0.29) is 17.7 Å². The minimum absolute atomic E-state index is 0.0442. The Morgan fingerprint density at radius 1 is 1.38 bits per heavy atom. The lowest BCUT2D eigenvalue weighted by molar-refractivity contribution is -0.129. The number of nitrogens with zero attached hydrogens (tertiary/aromatic N) is 1. The zero-order valence-electron chi connectivity index (χ0n) is 9.98. The molecule has 0 aromatic heterocycles. The van der Waals surface area contributed by atoms with Crippen LogP contribution < -0.4 is 5.73 Å². The summed E-state index contributed by atoms with van der Waals surface area (Å²) >= 11 is 0. The Morgan fingerprint density at radius 3 is 2.56 bits per heavy atom. The van der Waals surface area contributed by atoms with Gasteiger partial charge in [-0.15, -0.1) is 0 Å². The van der Waals surface area contributed by atoms with E-state index in [1.54, 1.807) is 0 Å². The Kier molecular flexibility index (Phi) is 5.98. The van der Waals surface area contributed by atoms with Crippen LogP contribution in [-0.4, -0.2) is 45.7 Å². The predicted molar refractivity (Wildman–Crippen MR) is 66.6 cm³/mol. The molecule has 4 nitrogen and oxygen atoms in total. The minimum Gasteiger partial charge on any atom is -0.342 e. The molecule has 0 aromatic carbocycles. The van der Waals surface area contributed by atoms with Gasteiger partial charge in [-0.25, -0.2) is 0 Å². The molecule has 94 valence electrons. The monoisotopic (exact) mass is 246 g/mol. The van der Waals surface area contributed by atoms with Gasteiger partial charge >= 0.3 is 0 Å². The van der Waals surface area contributed by atoms with Crippen LogP contribution in [0.2, 0.25) is 0 Å². The van der Waals surface area contributed by atoms with Crippen molar-refractivity contribution < 1.29 is 9.00 Å². The molecule has 0 aliphatic carbocycles. The molecule has 2 atom stereocenters. The number of rotatable bonds is 5. The number of carbonyl (C=O) groups excluding carboxylic acids is 1. The highest BCUT2D eigenvalue weighted by atomic mass is 32.2. The molecule has 1 rings (SSSR count). The maximum atomic E-state index is 11.8. The summed E-state index contributed by atoms with van der Waals surface area (Å²) in [5, 5.41) is 0. The zero-order valence-corrected chi connectivity index (χ0v) is 10.8. The smallest absolute Gasteiger partial charge is 0.235 e. The van der Waals surface area contributed by atoms with Gasteiger partial charge in [-0.3, -0.25) is 9.00 Å². The van der Waals surface area contributed by atoms with Crippen LogP contribution in [0.15, 0.2) is 0 Å². The molecule has 5 heteroatoms. The molecule has 2 N–H and O–H groups in total. The fourth-order valence-electron chi connectivity index (χ4n) is 1.76. The van der Waals surface area contributed by atoms with E-state index in [2.05, 4.69) is 0 Å². The second kappa shape index (κ2) is 7.01. The van der Waals surface area contributed by atoms with E-state index in [1.807, 2.05) is 11.8 Å². The number of hydrogen-bond donors (Lipinski definition) is 1. The Bertz CT molecular complexity index is 250. The summed E-state index contributed by atoms with van der Waals surface area (Å²) in [5.41, 5.74) is 5.58. The van der Waals surface area contributed by atoms with E-state index in [0.717, 1.165) is 32.4 Å². The van der Waals surface area contributed by atoms with Crippen LogP contribution in [0.25, 0.3) is 0 Å². The standard InChI is InChI=1S/C11H22N2O2S/c1-10(12)5-8-16(15)9-11(14)13-6-3-2-4-7-13/h10H,2-9,12H2,1H3. The van der Waals surface area contributed by atoms with E-state index in [1.165, 1.54) is 6.42 Å². The molecule has 1 fully saturated rings. The Morgan fingerprint density at radius 2 is 2.00 bits per heavy atom. The van der Waals surface area contributed by atoms with Crippen molar-refractivity contribution in [2.24, 2.45) is 5.73 Å². The average Bonchev–Trinajstić information content (AvgIpc) is 2.27. The largest absolute Gasteiger partial charge is 0.342 e. The maximum absolute atomic E-state index is 11.8. The number of hydrogen-bond acceptors (Lipinski definition) is 3. The normalized spacial score (nSPS) is 20.5. The molecule has 1 aliphatic heterocycles. The van der Waals surface area contributed by atoms with Crippen molar-refractivity contribution in [1.29, 1.82) is 0 Å². The molecule has 0 radical (unpaired) electrons. The first kappa shape index (κ1) is 13.6. The van der Waals surface area contributed by atoms with Gasteiger partial charge in [-0.05, 0) is 32.6 Å². The molecule has 1 saturated heterocycles. The fraction of sp³-hybridized carbons (Fsp3) is 0.909. The van der Waals surface area contributed by atoms with Crippen LogP contribution >= 0.6 is 0 Å². The van der Waals surface area contributed by atoms with Gasteiger partial charge in [0.05, 0.1) is 0 Å². The van der Waals surface area contributed by atoms with Crippen LogP contribution in [0.5, 0.6) is 0 Å². The second-order valence-corrected chi connectivity index (χ2v) is 6.07. The van der Waals surface area contributed by atoms with Crippen LogP contribution in [-0.2, 0) is 15.6 Å². The summed E-state index contributed by atoms with van der Waals surface area (Å²) in [6.07, 6.45) is 4.09. The highest BCUT2D eigenvalue weighted by Crippen LogP contribution is 2.09. The van der Waals surface area contributed by atoms with Crippen molar-refractivity contribution in [3.05, 3.63) is 0 Å². The van der Waals surface area contributed by atoms with Crippen molar-refractivity contribution in [2.45, 2.75) is 38.6 Å². The molecular formula is C11H22N2O2S. The third kappa shape index (κ3) is 5.07. The van der Waals surface area contributed by atoms with Crippen molar-refractivity contribution in [3.63, 3.8) is 0 Å². The molecule has 1 heterocycles. The molecule has 0 bridgehead atoms. The molecule has 0 spiro atoms. The van der Waals surface area contributed by atoms with Gasteiger partial charge < -0.3 is 10.6 Å². The van der Waals surface area contributed by atoms with Crippen molar-refractivity contribution in [3.8, 4) is 0 Å². The fourth-order valence-corrected chi connectivity index (χ4v) is 3.00. The van der Waals surface area contributed by atoms with E-state index in [9.17, 15) is 9.00 Å². The highest BCUT2D eigenvalue weighted by molar-refractivity contribution is 7.85. The summed E-state index contributed by atoms with van der Waals surface area (Å²) in [5.74, 6) is 0.756. The van der Waals surface area contributed by atoms with Gasteiger partial charge in [0.2, 0.25) is 5.91 Å². The van der Waals surface area contributed by atoms with E-state index in [4.69, 9.17) is 5.73 Å². The molecule has 16 heavy (non-hydrogen) atoms. The van der Waals surface area contributed by atoms with Crippen LogP contribution in [0.3, 0.4) is 0 Å². The predicted octanol–water partition coefficient (Wildman–Crippen LogP) is 0.485. The minimum atomic E-state index is -1.04. The van der Waals surface area contributed by atoms with Crippen molar-refractivity contribution in [1.82, 2.24) is 4.90 Å². The topological polar surface area (TPSA) is 63.4 Å². The van der Waals surface area contributed by atoms with Crippen molar-refractivity contribution in [2.75, 3.05) is 24.6 Å². The Balaban J connectivity index is 2.24. The SMILES string of the molecule is CC(N)CCS(=O)CC(=O)N1CCCCC1. The first-order valence-corrected chi connectivity index (χ1v) is 7.46. The average molecular weight is 246 g/mol. The molecule has 1 amide bonds. The zero-order chi connectivity index (χ0) is 12.0. The summed E-state index contributed by atoms with van der Waals surface area (Å²) in [7, 11) is -1.04. The Hall–Kier alpha value is -0.420. The third-order valence-corrected chi connectivity index (χ3v) is 4.05. The van der Waals surface area contributed by atoms with Gasteiger partial charge in [0.1, 0.15) is 5.75 Å². The highest BCUT2D eigenvalue weighted by Gasteiger charge is 2.18. The van der Waals surface area contributed by atoms with Gasteiger partial charge in [0.25, 0.3) is 0 Å². The molecule has 2 unspecified atom stereocenters. The molecule has 0 saturated carbocycles. The van der Waals surface area contributed by atoms with Gasteiger partial charge in [-0.1, -0.05) is 0 Å². The lowest BCUT2D eigenvalue weighted by atomic mass is 10.1. The summed E-state index contributed by atoms with van der Waals surface area (Å²) < 4.78 is 11.6. The lowest BCUT2D eigenvalue weighted by Gasteiger charge is -2.26. The van der Waals surface area contributed by atoms with E-state index < -0.39 is 10.8 Å². The summed E-state index contributed by atoms with van der Waals surface area (Å²) in [4.78, 5) is 13.6. The lowest BCUT2D eigenvalue weighted by Crippen LogP contribution is -2.38. The number of likely N-dealkylation sites (tertiary alicyclic amines) is 1. The van der Waals surface area contributed by atoms with Crippen LogP contribution in [0, 0.1) is 0 Å². The van der Waals surface area contributed by atoms with Gasteiger partial charge in [-0.2, -0.15) is 0 Å². The van der Waals surface area contributed by atoms with E-state index in [0.29, 0.717) is 5.75 Å². The first-order chi connectivity index (χ1) is 7.59. The Labute approximate surface area is 100 Å². The third-order valence-electron chi connectivity index (χ3n) is 2.79. The molecule has 0 aromatic rings. The number of nitrogens with two attached hydrogens (primary N) is 1. The van der Waals surface area contributed by atoms with Gasteiger partial charge in [0, 0.05) is 35.7 Å².